The Bertz CT molecular complexity index is 1180. The number of aryl methyl sites for hydroxylation is 4. The van der Waals surface area contributed by atoms with Crippen LogP contribution in [0, 0.1) is 27.7 Å². The summed E-state index contributed by atoms with van der Waals surface area (Å²) in [7, 11) is 0. The Kier molecular flexibility index (Phi) is 6.53. The Morgan fingerprint density at radius 1 is 1.09 bits per heavy atom. The van der Waals surface area contributed by atoms with Crippen LogP contribution in [-0.4, -0.2) is 45.4 Å². The highest BCUT2D eigenvalue weighted by atomic mass is 16.6. The second-order valence-electron chi connectivity index (χ2n) is 8.38. The molecule has 2 aromatic heterocycles. The van der Waals surface area contributed by atoms with Crippen LogP contribution in [0.5, 0.6) is 11.5 Å². The van der Waals surface area contributed by atoms with Gasteiger partial charge in [0.1, 0.15) is 6.61 Å². The van der Waals surface area contributed by atoms with Crippen LogP contribution in [0.2, 0.25) is 0 Å². The van der Waals surface area contributed by atoms with Crippen LogP contribution in [0.4, 0.5) is 0 Å². The third-order valence-corrected chi connectivity index (χ3v) is 5.82. The quantitative estimate of drug-likeness (QED) is 0.385. The minimum Gasteiger partial charge on any atom is -0.486 e. The number of carbonyl (C=O) groups is 2. The highest BCUT2D eigenvalue weighted by Gasteiger charge is 2.24. The van der Waals surface area contributed by atoms with Gasteiger partial charge in [-0.3, -0.25) is 14.3 Å². The summed E-state index contributed by atoms with van der Waals surface area (Å²) in [4.78, 5) is 24.9. The molecule has 0 bridgehead atoms. The molecule has 0 saturated carbocycles. The lowest BCUT2D eigenvalue weighted by Gasteiger charge is -2.27. The summed E-state index contributed by atoms with van der Waals surface area (Å²) in [5, 5.41) is 4.33. The van der Waals surface area contributed by atoms with Crippen LogP contribution in [0.1, 0.15) is 39.6 Å². The van der Waals surface area contributed by atoms with Gasteiger partial charge in [0, 0.05) is 22.6 Å². The zero-order valence-corrected chi connectivity index (χ0v) is 19.5. The van der Waals surface area contributed by atoms with Gasteiger partial charge < -0.3 is 18.8 Å². The molecule has 1 aliphatic heterocycles. The smallest absolute Gasteiger partial charge is 0.308 e. The van der Waals surface area contributed by atoms with Crippen molar-refractivity contribution in [1.29, 1.82) is 0 Å². The standard InChI is InChI=1S/C25H29N3O5/c1-16-11-18(3)28(26-16)10-9-25(30)32-15-22(29)21-12-17(2)27(19(21)4)13-20-14-31-23-7-5-6-8-24(23)33-20/h5-8,11-12,20H,9-10,13-15H2,1-4H3. The van der Waals surface area contributed by atoms with Crippen molar-refractivity contribution in [3.8, 4) is 11.5 Å². The van der Waals surface area contributed by atoms with E-state index in [1.54, 1.807) is 4.68 Å². The van der Waals surface area contributed by atoms with Crippen molar-refractivity contribution in [2.75, 3.05) is 13.2 Å². The number of benzene rings is 1. The third-order valence-electron chi connectivity index (χ3n) is 5.82. The van der Waals surface area contributed by atoms with Gasteiger partial charge in [0.25, 0.3) is 0 Å². The molecule has 0 saturated heterocycles. The van der Waals surface area contributed by atoms with E-state index in [9.17, 15) is 9.59 Å². The summed E-state index contributed by atoms with van der Waals surface area (Å²) in [5.41, 5.74) is 4.20. The highest BCUT2D eigenvalue weighted by molar-refractivity contribution is 5.99. The zero-order valence-electron chi connectivity index (χ0n) is 19.5. The first-order valence-corrected chi connectivity index (χ1v) is 11.1. The fourth-order valence-electron chi connectivity index (χ4n) is 4.12. The Hall–Kier alpha value is -3.55. The number of ketones is 1. The lowest BCUT2D eigenvalue weighted by atomic mass is 10.1. The number of hydrogen-bond donors (Lipinski definition) is 0. The summed E-state index contributed by atoms with van der Waals surface area (Å²) in [6, 6.07) is 11.4. The number of aromatic nitrogens is 3. The van der Waals surface area contributed by atoms with Gasteiger partial charge in [-0.15, -0.1) is 0 Å². The van der Waals surface area contributed by atoms with Gasteiger partial charge in [-0.25, -0.2) is 0 Å². The van der Waals surface area contributed by atoms with Crippen molar-refractivity contribution < 1.29 is 23.8 Å². The largest absolute Gasteiger partial charge is 0.486 e. The van der Waals surface area contributed by atoms with E-state index < -0.39 is 5.97 Å². The van der Waals surface area contributed by atoms with Crippen LogP contribution in [-0.2, 0) is 22.6 Å². The number of carbonyl (C=O) groups excluding carboxylic acids is 2. The number of hydrogen-bond acceptors (Lipinski definition) is 6. The fourth-order valence-corrected chi connectivity index (χ4v) is 4.12. The third kappa shape index (κ3) is 5.10. The molecule has 1 unspecified atom stereocenters. The molecular weight excluding hydrogens is 422 g/mol. The van der Waals surface area contributed by atoms with Gasteiger partial charge in [0.05, 0.1) is 25.2 Å². The Morgan fingerprint density at radius 2 is 1.85 bits per heavy atom. The van der Waals surface area contributed by atoms with Gasteiger partial charge in [-0.05, 0) is 52.0 Å². The second kappa shape index (κ2) is 9.52. The van der Waals surface area contributed by atoms with E-state index in [-0.39, 0.29) is 24.9 Å². The minimum atomic E-state index is -0.420. The molecule has 4 rings (SSSR count). The van der Waals surface area contributed by atoms with Crippen LogP contribution in [0.3, 0.4) is 0 Å². The predicted molar refractivity (Wildman–Crippen MR) is 122 cm³/mol. The second-order valence-corrected chi connectivity index (χ2v) is 8.38. The molecular formula is C25H29N3O5. The first-order chi connectivity index (χ1) is 15.8. The van der Waals surface area contributed by atoms with Crippen molar-refractivity contribution >= 4 is 11.8 Å². The van der Waals surface area contributed by atoms with Crippen molar-refractivity contribution in [3.63, 3.8) is 0 Å². The van der Waals surface area contributed by atoms with Gasteiger partial charge in [0.2, 0.25) is 5.78 Å². The van der Waals surface area contributed by atoms with Crippen molar-refractivity contribution in [3.05, 3.63) is 64.7 Å². The normalized spacial score (nSPS) is 14.8. The molecule has 33 heavy (non-hydrogen) atoms. The van der Waals surface area contributed by atoms with E-state index in [2.05, 4.69) is 5.10 Å². The Morgan fingerprint density at radius 3 is 2.58 bits per heavy atom. The SMILES string of the molecule is Cc1cc(C)n(CCC(=O)OCC(=O)c2cc(C)n(CC3COc4ccccc4O3)c2C)n1. The van der Waals surface area contributed by atoms with E-state index in [0.29, 0.717) is 25.3 Å². The molecule has 0 N–H and O–H groups in total. The van der Waals surface area contributed by atoms with Gasteiger partial charge >= 0.3 is 5.97 Å². The molecule has 0 radical (unpaired) electrons. The number of nitrogens with zero attached hydrogens (tertiary/aromatic N) is 3. The summed E-state index contributed by atoms with van der Waals surface area (Å²) in [5.74, 6) is 0.821. The molecule has 8 heteroatoms. The molecule has 0 aliphatic carbocycles. The predicted octanol–water partition coefficient (Wildman–Crippen LogP) is 3.57. The lowest BCUT2D eigenvalue weighted by molar-refractivity contribution is -0.142. The van der Waals surface area contributed by atoms with E-state index in [0.717, 1.165) is 34.3 Å². The number of para-hydroxylation sites is 2. The number of Topliss-reactive ketones (excluding diaryl/α,β-unsaturated/α-hetero) is 1. The minimum absolute atomic E-state index is 0.161. The molecule has 0 fully saturated rings. The van der Waals surface area contributed by atoms with Crippen LogP contribution >= 0.6 is 0 Å². The molecule has 3 aromatic rings. The summed E-state index contributed by atoms with van der Waals surface area (Å²) in [6.45, 7) is 8.82. The zero-order chi connectivity index (χ0) is 23.5. The molecule has 1 atom stereocenters. The van der Waals surface area contributed by atoms with Crippen molar-refractivity contribution in [1.82, 2.24) is 14.3 Å². The topological polar surface area (TPSA) is 84.6 Å². The average Bonchev–Trinajstić information content (AvgIpc) is 3.27. The van der Waals surface area contributed by atoms with Gasteiger partial charge in [-0.1, -0.05) is 12.1 Å². The first kappa shape index (κ1) is 22.6. The maximum absolute atomic E-state index is 12.8. The molecule has 1 aliphatic rings. The van der Waals surface area contributed by atoms with E-state index in [4.69, 9.17) is 14.2 Å². The molecule has 3 heterocycles. The highest BCUT2D eigenvalue weighted by Crippen LogP contribution is 2.31. The monoisotopic (exact) mass is 451 g/mol. The van der Waals surface area contributed by atoms with E-state index >= 15 is 0 Å². The molecule has 0 spiro atoms. The summed E-state index contributed by atoms with van der Waals surface area (Å²) >= 11 is 0. The van der Waals surface area contributed by atoms with Crippen LogP contribution in [0.25, 0.3) is 0 Å². The van der Waals surface area contributed by atoms with E-state index in [1.165, 1.54) is 0 Å². The fraction of sp³-hybridized carbons (Fsp3) is 0.400. The van der Waals surface area contributed by atoms with Crippen LogP contribution in [0.15, 0.2) is 36.4 Å². The number of fused-ring (bicyclic) bond motifs is 1. The van der Waals surface area contributed by atoms with E-state index in [1.807, 2.05) is 68.7 Å². The molecule has 1 aromatic carbocycles. The average molecular weight is 452 g/mol. The summed E-state index contributed by atoms with van der Waals surface area (Å²) < 4.78 is 20.9. The molecule has 174 valence electrons. The van der Waals surface area contributed by atoms with Gasteiger partial charge in [0.15, 0.2) is 24.2 Å². The maximum Gasteiger partial charge on any atom is 0.308 e. The van der Waals surface area contributed by atoms with Gasteiger partial charge in [-0.2, -0.15) is 5.10 Å². The van der Waals surface area contributed by atoms with Crippen LogP contribution < -0.4 is 9.47 Å². The molecule has 8 nitrogen and oxygen atoms in total. The Labute approximate surface area is 193 Å². The van der Waals surface area contributed by atoms with Crippen molar-refractivity contribution in [2.45, 2.75) is 53.3 Å². The van der Waals surface area contributed by atoms with Crippen molar-refractivity contribution in [2.24, 2.45) is 0 Å². The lowest BCUT2D eigenvalue weighted by Crippen LogP contribution is -2.33. The number of ether oxygens (including phenoxy) is 3. The number of rotatable bonds is 8. The number of esters is 1. The molecule has 0 amide bonds. The summed E-state index contributed by atoms with van der Waals surface area (Å²) in [6.07, 6.45) is -0.00532. The first-order valence-electron chi connectivity index (χ1n) is 11.1. The Balaban J connectivity index is 1.33. The maximum atomic E-state index is 12.8.